The van der Waals surface area contributed by atoms with Crippen LogP contribution in [0, 0.1) is 11.6 Å². The van der Waals surface area contributed by atoms with Crippen LogP contribution in [-0.4, -0.2) is 36.0 Å². The molecule has 0 bridgehead atoms. The molecule has 0 aliphatic carbocycles. The van der Waals surface area contributed by atoms with Crippen molar-refractivity contribution in [2.24, 2.45) is 0 Å². The summed E-state index contributed by atoms with van der Waals surface area (Å²) in [7, 11) is 0. The third-order valence-corrected chi connectivity index (χ3v) is 3.21. The lowest BCUT2D eigenvalue weighted by atomic mass is 9.98. The van der Waals surface area contributed by atoms with Gasteiger partial charge in [0.05, 0.1) is 11.1 Å². The standard InChI is InChI=1S/C13H16F2N2O/c1-13(2)8-16-5-6-17(13)12(18)10-4-3-9(14)7-11(10)15/h3-4,7,16H,5-6,8H2,1-2H3. The van der Waals surface area contributed by atoms with E-state index in [1.165, 1.54) is 6.07 Å². The Hall–Kier alpha value is -1.49. The zero-order chi connectivity index (χ0) is 13.3. The second-order valence-corrected chi connectivity index (χ2v) is 5.07. The fraction of sp³-hybridized carbons (Fsp3) is 0.462. The molecule has 0 aromatic heterocycles. The molecule has 0 saturated carbocycles. The predicted molar refractivity (Wildman–Crippen MR) is 64.3 cm³/mol. The number of nitrogens with one attached hydrogen (secondary N) is 1. The first-order valence-corrected chi connectivity index (χ1v) is 5.89. The molecule has 1 aromatic carbocycles. The van der Waals surface area contributed by atoms with E-state index >= 15 is 0 Å². The summed E-state index contributed by atoms with van der Waals surface area (Å²) in [6.45, 7) is 5.68. The number of rotatable bonds is 1. The highest BCUT2D eigenvalue weighted by Gasteiger charge is 2.34. The molecule has 1 aliphatic rings. The SMILES string of the molecule is CC1(C)CNCCN1C(=O)c1ccc(F)cc1F. The zero-order valence-corrected chi connectivity index (χ0v) is 10.5. The molecule has 1 N–H and O–H groups in total. The quantitative estimate of drug-likeness (QED) is 0.828. The van der Waals surface area contributed by atoms with Gasteiger partial charge in [-0.2, -0.15) is 0 Å². The van der Waals surface area contributed by atoms with E-state index in [-0.39, 0.29) is 17.0 Å². The fourth-order valence-corrected chi connectivity index (χ4v) is 2.17. The Morgan fingerprint density at radius 1 is 1.39 bits per heavy atom. The first-order valence-electron chi connectivity index (χ1n) is 5.89. The predicted octanol–water partition coefficient (Wildman–Crippen LogP) is 1.79. The van der Waals surface area contributed by atoms with Crippen LogP contribution in [0.25, 0.3) is 0 Å². The van der Waals surface area contributed by atoms with E-state index in [1.54, 1.807) is 4.90 Å². The summed E-state index contributed by atoms with van der Waals surface area (Å²) in [5, 5.41) is 3.19. The van der Waals surface area contributed by atoms with Crippen molar-refractivity contribution in [3.8, 4) is 0 Å². The van der Waals surface area contributed by atoms with Crippen LogP contribution >= 0.6 is 0 Å². The minimum Gasteiger partial charge on any atom is -0.331 e. The van der Waals surface area contributed by atoms with Gasteiger partial charge in [0.2, 0.25) is 0 Å². The maximum atomic E-state index is 13.6. The lowest BCUT2D eigenvalue weighted by Gasteiger charge is -2.42. The van der Waals surface area contributed by atoms with E-state index < -0.39 is 11.6 Å². The molecular weight excluding hydrogens is 238 g/mol. The lowest BCUT2D eigenvalue weighted by Crippen LogP contribution is -2.59. The van der Waals surface area contributed by atoms with Gasteiger partial charge in [0, 0.05) is 25.7 Å². The van der Waals surface area contributed by atoms with E-state index in [2.05, 4.69) is 5.32 Å². The summed E-state index contributed by atoms with van der Waals surface area (Å²) < 4.78 is 26.4. The number of benzene rings is 1. The van der Waals surface area contributed by atoms with Gasteiger partial charge in [0.25, 0.3) is 5.91 Å². The van der Waals surface area contributed by atoms with E-state index in [9.17, 15) is 13.6 Å². The summed E-state index contributed by atoms with van der Waals surface area (Å²) in [5.41, 5.74) is -0.456. The number of hydrogen-bond donors (Lipinski definition) is 1. The summed E-state index contributed by atoms with van der Waals surface area (Å²) in [6, 6.07) is 3.04. The summed E-state index contributed by atoms with van der Waals surface area (Å²) in [4.78, 5) is 13.9. The molecule has 3 nitrogen and oxygen atoms in total. The van der Waals surface area contributed by atoms with Crippen LogP contribution in [0.15, 0.2) is 18.2 Å². The Morgan fingerprint density at radius 2 is 2.11 bits per heavy atom. The van der Waals surface area contributed by atoms with Gasteiger partial charge in [-0.1, -0.05) is 0 Å². The Morgan fingerprint density at radius 3 is 2.72 bits per heavy atom. The molecule has 1 amide bonds. The van der Waals surface area contributed by atoms with E-state index in [0.717, 1.165) is 12.1 Å². The minimum absolute atomic E-state index is 0.0774. The molecular formula is C13H16F2N2O. The summed E-state index contributed by atoms with van der Waals surface area (Å²) in [6.07, 6.45) is 0. The van der Waals surface area contributed by atoms with Crippen LogP contribution in [0.2, 0.25) is 0 Å². The molecule has 0 atom stereocenters. The summed E-state index contributed by atoms with van der Waals surface area (Å²) >= 11 is 0. The normalized spacial score (nSPS) is 18.8. The Balaban J connectivity index is 2.30. The molecule has 1 saturated heterocycles. The van der Waals surface area contributed by atoms with Gasteiger partial charge in [0.1, 0.15) is 11.6 Å². The number of carbonyl (C=O) groups is 1. The molecule has 98 valence electrons. The number of carbonyl (C=O) groups excluding carboxylic acids is 1. The van der Waals surface area contributed by atoms with Crippen LogP contribution in [0.3, 0.4) is 0 Å². The van der Waals surface area contributed by atoms with Crippen molar-refractivity contribution in [2.75, 3.05) is 19.6 Å². The van der Waals surface area contributed by atoms with Crippen LogP contribution in [-0.2, 0) is 0 Å². The van der Waals surface area contributed by atoms with Crippen molar-refractivity contribution < 1.29 is 13.6 Å². The zero-order valence-electron chi connectivity index (χ0n) is 10.5. The van der Waals surface area contributed by atoms with Gasteiger partial charge < -0.3 is 10.2 Å². The lowest BCUT2D eigenvalue weighted by molar-refractivity contribution is 0.0473. The second-order valence-electron chi connectivity index (χ2n) is 5.07. The third kappa shape index (κ3) is 2.36. The molecule has 0 spiro atoms. The molecule has 0 radical (unpaired) electrons. The first kappa shape index (κ1) is 13.0. The Kier molecular flexibility index (Phi) is 3.34. The number of amides is 1. The highest BCUT2D eigenvalue weighted by atomic mass is 19.1. The van der Waals surface area contributed by atoms with Gasteiger partial charge in [-0.3, -0.25) is 4.79 Å². The highest BCUT2D eigenvalue weighted by molar-refractivity contribution is 5.95. The largest absolute Gasteiger partial charge is 0.331 e. The maximum absolute atomic E-state index is 13.6. The summed E-state index contributed by atoms with van der Waals surface area (Å²) in [5.74, 6) is -1.88. The monoisotopic (exact) mass is 254 g/mol. The van der Waals surface area contributed by atoms with Crippen LogP contribution in [0.1, 0.15) is 24.2 Å². The molecule has 18 heavy (non-hydrogen) atoms. The highest BCUT2D eigenvalue weighted by Crippen LogP contribution is 2.21. The molecule has 2 rings (SSSR count). The average Bonchev–Trinajstić information content (AvgIpc) is 2.27. The van der Waals surface area contributed by atoms with Crippen molar-refractivity contribution in [3.63, 3.8) is 0 Å². The van der Waals surface area contributed by atoms with Gasteiger partial charge in [-0.25, -0.2) is 8.78 Å². The molecule has 5 heteroatoms. The van der Waals surface area contributed by atoms with Crippen molar-refractivity contribution in [2.45, 2.75) is 19.4 Å². The Bertz CT molecular complexity index is 474. The van der Waals surface area contributed by atoms with Gasteiger partial charge in [0.15, 0.2) is 0 Å². The van der Waals surface area contributed by atoms with Crippen LogP contribution in [0.5, 0.6) is 0 Å². The van der Waals surface area contributed by atoms with Crippen molar-refractivity contribution in [3.05, 3.63) is 35.4 Å². The van der Waals surface area contributed by atoms with Crippen LogP contribution < -0.4 is 5.32 Å². The number of halogens is 2. The van der Waals surface area contributed by atoms with Gasteiger partial charge in [-0.15, -0.1) is 0 Å². The van der Waals surface area contributed by atoms with Crippen LogP contribution in [0.4, 0.5) is 8.78 Å². The van der Waals surface area contributed by atoms with Crippen molar-refractivity contribution in [1.82, 2.24) is 10.2 Å². The molecule has 1 aliphatic heterocycles. The number of nitrogens with zero attached hydrogens (tertiary/aromatic N) is 1. The molecule has 1 fully saturated rings. The van der Waals surface area contributed by atoms with E-state index in [1.807, 2.05) is 13.8 Å². The molecule has 1 aromatic rings. The van der Waals surface area contributed by atoms with Crippen molar-refractivity contribution in [1.29, 1.82) is 0 Å². The average molecular weight is 254 g/mol. The molecule has 1 heterocycles. The Labute approximate surface area is 105 Å². The van der Waals surface area contributed by atoms with E-state index in [0.29, 0.717) is 19.6 Å². The third-order valence-electron chi connectivity index (χ3n) is 3.21. The second kappa shape index (κ2) is 4.65. The first-order chi connectivity index (χ1) is 8.42. The topological polar surface area (TPSA) is 32.3 Å². The minimum atomic E-state index is -0.811. The maximum Gasteiger partial charge on any atom is 0.257 e. The number of piperazine rings is 1. The van der Waals surface area contributed by atoms with Crippen molar-refractivity contribution >= 4 is 5.91 Å². The van der Waals surface area contributed by atoms with Gasteiger partial charge >= 0.3 is 0 Å². The van der Waals surface area contributed by atoms with E-state index in [4.69, 9.17) is 0 Å². The van der Waals surface area contributed by atoms with Gasteiger partial charge in [-0.05, 0) is 26.0 Å². The fourth-order valence-electron chi connectivity index (χ4n) is 2.17. The molecule has 0 unspecified atom stereocenters. The smallest absolute Gasteiger partial charge is 0.257 e. The number of hydrogen-bond acceptors (Lipinski definition) is 2.